The van der Waals surface area contributed by atoms with Crippen LogP contribution in [-0.4, -0.2) is 21.5 Å². The number of nitrogens with zero attached hydrogens (tertiary/aromatic N) is 2. The Hall–Kier alpha value is -2.54. The normalized spacial score (nSPS) is 21.7. The van der Waals surface area contributed by atoms with E-state index in [0.29, 0.717) is 38.1 Å². The van der Waals surface area contributed by atoms with E-state index in [0.717, 1.165) is 12.8 Å². The quantitative estimate of drug-likeness (QED) is 0.666. The van der Waals surface area contributed by atoms with E-state index in [2.05, 4.69) is 24.1 Å². The lowest BCUT2D eigenvalue weighted by molar-refractivity contribution is 0.0894. The summed E-state index contributed by atoms with van der Waals surface area (Å²) < 4.78 is 15.4. The van der Waals surface area contributed by atoms with E-state index in [9.17, 15) is 14.0 Å². The number of fused-ring (bicyclic) bond motifs is 1. The fourth-order valence-corrected chi connectivity index (χ4v) is 5.36. The molecule has 0 aliphatic heterocycles. The predicted octanol–water partition coefficient (Wildman–Crippen LogP) is 4.51. The van der Waals surface area contributed by atoms with Gasteiger partial charge in [0.2, 0.25) is 0 Å². The van der Waals surface area contributed by atoms with Gasteiger partial charge < -0.3 is 5.32 Å². The number of hydrogen-bond acceptors (Lipinski definition) is 4. The van der Waals surface area contributed by atoms with Crippen LogP contribution >= 0.6 is 11.3 Å². The molecule has 1 fully saturated rings. The van der Waals surface area contributed by atoms with Gasteiger partial charge in [-0.05, 0) is 36.8 Å². The molecule has 0 bridgehead atoms. The number of carbonyl (C=O) groups excluding carboxylic acids is 1. The Bertz CT molecular complexity index is 1150. The molecule has 4 rings (SSSR count). The van der Waals surface area contributed by atoms with E-state index in [1.165, 1.54) is 34.7 Å². The summed E-state index contributed by atoms with van der Waals surface area (Å²) in [6.45, 7) is 6.31. The van der Waals surface area contributed by atoms with Gasteiger partial charge in [-0.25, -0.2) is 9.37 Å². The maximum absolute atomic E-state index is 14.0. The minimum atomic E-state index is -0.359. The molecule has 5 nitrogen and oxygen atoms in total. The van der Waals surface area contributed by atoms with Gasteiger partial charge in [-0.2, -0.15) is 0 Å². The summed E-state index contributed by atoms with van der Waals surface area (Å²) in [5.41, 5.74) is 0.812. The Balaban J connectivity index is 1.64. The Morgan fingerprint density at radius 2 is 2.07 bits per heavy atom. The number of thiophene rings is 1. The van der Waals surface area contributed by atoms with Gasteiger partial charge in [0.15, 0.2) is 0 Å². The number of nitrogens with one attached hydrogen (secondary N) is 1. The number of amides is 1. The highest BCUT2D eigenvalue weighted by molar-refractivity contribution is 7.20. The fraction of sp³-hybridized carbons (Fsp3) is 0.435. The first kappa shape index (κ1) is 20.7. The molecule has 1 aliphatic rings. The van der Waals surface area contributed by atoms with Gasteiger partial charge in [-0.15, -0.1) is 11.3 Å². The summed E-state index contributed by atoms with van der Waals surface area (Å²) in [5.74, 6) is 0.511. The minimum absolute atomic E-state index is 0.0999. The van der Waals surface area contributed by atoms with Crippen molar-refractivity contribution in [3.8, 4) is 0 Å². The van der Waals surface area contributed by atoms with E-state index >= 15 is 0 Å². The third kappa shape index (κ3) is 3.78. The highest BCUT2D eigenvalue weighted by atomic mass is 32.1. The number of aryl methyl sites for hydroxylation is 1. The molecule has 1 aliphatic carbocycles. The van der Waals surface area contributed by atoms with Crippen LogP contribution in [0.2, 0.25) is 0 Å². The van der Waals surface area contributed by atoms with Gasteiger partial charge in [-0.1, -0.05) is 44.9 Å². The second kappa shape index (κ2) is 8.30. The minimum Gasteiger partial charge on any atom is -0.348 e. The maximum atomic E-state index is 14.0. The van der Waals surface area contributed by atoms with Crippen molar-refractivity contribution in [3.63, 3.8) is 0 Å². The van der Waals surface area contributed by atoms with Crippen molar-refractivity contribution in [2.24, 2.45) is 11.8 Å². The molecule has 0 spiro atoms. The SMILES string of the molecule is Cc1c(C(=O)NC2CCCC(C)C2C)sc2ncn(Cc3ccccc3F)c(=O)c12. The molecular formula is C23H26FN3O2S. The summed E-state index contributed by atoms with van der Waals surface area (Å²) >= 11 is 1.24. The first-order chi connectivity index (χ1) is 14.4. The van der Waals surface area contributed by atoms with Gasteiger partial charge in [-0.3, -0.25) is 14.2 Å². The first-order valence-corrected chi connectivity index (χ1v) is 11.2. The molecular weight excluding hydrogens is 401 g/mol. The standard InChI is InChI=1S/C23H26FN3O2S/c1-13-7-6-10-18(14(13)2)26-21(28)20-15(3)19-22(30-20)25-12-27(23(19)29)11-16-8-4-5-9-17(16)24/h4-5,8-9,12-14,18H,6-7,10-11H2,1-3H3,(H,26,28). The first-order valence-electron chi connectivity index (χ1n) is 10.4. The summed E-state index contributed by atoms with van der Waals surface area (Å²) in [5, 5.41) is 3.62. The molecule has 158 valence electrons. The summed E-state index contributed by atoms with van der Waals surface area (Å²) in [4.78, 5) is 31.5. The van der Waals surface area contributed by atoms with Crippen LogP contribution in [0.25, 0.3) is 10.2 Å². The molecule has 1 N–H and O–H groups in total. The zero-order valence-electron chi connectivity index (χ0n) is 17.4. The third-order valence-corrected chi connectivity index (χ3v) is 7.64. The number of benzene rings is 1. The monoisotopic (exact) mass is 427 g/mol. The topological polar surface area (TPSA) is 64.0 Å². The Morgan fingerprint density at radius 1 is 1.30 bits per heavy atom. The predicted molar refractivity (Wildman–Crippen MR) is 118 cm³/mol. The molecule has 0 saturated heterocycles. The Kier molecular flexibility index (Phi) is 5.73. The second-order valence-electron chi connectivity index (χ2n) is 8.35. The van der Waals surface area contributed by atoms with Gasteiger partial charge in [0.05, 0.1) is 23.1 Å². The van der Waals surface area contributed by atoms with Crippen molar-refractivity contribution in [1.29, 1.82) is 0 Å². The largest absolute Gasteiger partial charge is 0.348 e. The van der Waals surface area contributed by atoms with Crippen LogP contribution in [-0.2, 0) is 6.54 Å². The van der Waals surface area contributed by atoms with Crippen molar-refractivity contribution >= 4 is 27.5 Å². The van der Waals surface area contributed by atoms with Crippen LogP contribution in [0.3, 0.4) is 0 Å². The molecule has 0 radical (unpaired) electrons. The highest BCUT2D eigenvalue weighted by Gasteiger charge is 2.29. The second-order valence-corrected chi connectivity index (χ2v) is 9.35. The van der Waals surface area contributed by atoms with Crippen molar-refractivity contribution < 1.29 is 9.18 Å². The molecule has 2 heterocycles. The summed E-state index contributed by atoms with van der Waals surface area (Å²) in [6, 6.07) is 6.53. The lowest BCUT2D eigenvalue weighted by Gasteiger charge is -2.34. The van der Waals surface area contributed by atoms with Crippen LogP contribution in [0, 0.1) is 24.6 Å². The smallest absolute Gasteiger partial charge is 0.262 e. The molecule has 3 atom stereocenters. The number of carbonyl (C=O) groups is 1. The zero-order valence-corrected chi connectivity index (χ0v) is 18.3. The average Bonchev–Trinajstić information content (AvgIpc) is 3.06. The average molecular weight is 428 g/mol. The van der Waals surface area contributed by atoms with E-state index in [1.54, 1.807) is 25.1 Å². The molecule has 7 heteroatoms. The lowest BCUT2D eigenvalue weighted by atomic mass is 9.78. The molecule has 1 aromatic carbocycles. The van der Waals surface area contributed by atoms with Gasteiger partial charge >= 0.3 is 0 Å². The van der Waals surface area contributed by atoms with Gasteiger partial charge in [0, 0.05) is 11.6 Å². The van der Waals surface area contributed by atoms with E-state index in [1.807, 2.05) is 0 Å². The van der Waals surface area contributed by atoms with E-state index in [-0.39, 0.29) is 29.9 Å². The number of halogens is 1. The maximum Gasteiger partial charge on any atom is 0.262 e. The zero-order chi connectivity index (χ0) is 21.4. The Morgan fingerprint density at radius 3 is 2.83 bits per heavy atom. The molecule has 3 aromatic rings. The van der Waals surface area contributed by atoms with Crippen LogP contribution in [0.1, 0.15) is 53.9 Å². The fourth-order valence-electron chi connectivity index (χ4n) is 4.32. The van der Waals surface area contributed by atoms with Crippen LogP contribution < -0.4 is 10.9 Å². The Labute approximate surface area is 179 Å². The molecule has 2 aromatic heterocycles. The van der Waals surface area contributed by atoms with Crippen molar-refractivity contribution in [2.45, 2.75) is 52.6 Å². The van der Waals surface area contributed by atoms with Crippen LogP contribution in [0.5, 0.6) is 0 Å². The molecule has 30 heavy (non-hydrogen) atoms. The van der Waals surface area contributed by atoms with Gasteiger partial charge in [0.25, 0.3) is 11.5 Å². The van der Waals surface area contributed by atoms with Crippen molar-refractivity contribution in [1.82, 2.24) is 14.9 Å². The summed E-state index contributed by atoms with van der Waals surface area (Å²) in [7, 11) is 0. The van der Waals surface area contributed by atoms with E-state index < -0.39 is 0 Å². The lowest BCUT2D eigenvalue weighted by Crippen LogP contribution is -2.43. The van der Waals surface area contributed by atoms with Crippen LogP contribution in [0.15, 0.2) is 35.4 Å². The van der Waals surface area contributed by atoms with Gasteiger partial charge in [0.1, 0.15) is 10.6 Å². The number of hydrogen-bond donors (Lipinski definition) is 1. The third-order valence-electron chi connectivity index (χ3n) is 6.45. The molecule has 1 amide bonds. The summed E-state index contributed by atoms with van der Waals surface area (Å²) in [6.07, 6.45) is 4.72. The molecule has 1 saturated carbocycles. The van der Waals surface area contributed by atoms with Crippen LogP contribution in [0.4, 0.5) is 4.39 Å². The highest BCUT2D eigenvalue weighted by Crippen LogP contribution is 2.31. The van der Waals surface area contributed by atoms with E-state index in [4.69, 9.17) is 0 Å². The van der Waals surface area contributed by atoms with Crippen molar-refractivity contribution in [3.05, 3.63) is 62.8 Å². The van der Waals surface area contributed by atoms with Crippen molar-refractivity contribution in [2.75, 3.05) is 0 Å². The molecule has 3 unspecified atom stereocenters. The number of rotatable bonds is 4. The number of aromatic nitrogens is 2.